The van der Waals surface area contributed by atoms with Crippen LogP contribution in [0.5, 0.6) is 5.88 Å². The number of halogens is 1. The number of pyridine rings is 3. The van der Waals surface area contributed by atoms with E-state index < -0.39 is 0 Å². The van der Waals surface area contributed by atoms with Crippen molar-refractivity contribution in [1.29, 1.82) is 0 Å². The topological polar surface area (TPSA) is 47.9 Å². The van der Waals surface area contributed by atoms with Gasteiger partial charge in [0.1, 0.15) is 6.61 Å². The van der Waals surface area contributed by atoms with E-state index in [1.807, 2.05) is 30.5 Å². The van der Waals surface area contributed by atoms with Crippen LogP contribution in [0.4, 0.5) is 0 Å². The first-order valence-corrected chi connectivity index (χ1v) is 8.79. The van der Waals surface area contributed by atoms with Crippen LogP contribution in [-0.2, 0) is 19.4 Å². The van der Waals surface area contributed by atoms with Gasteiger partial charge in [0.05, 0.1) is 5.69 Å². The zero-order valence-electron chi connectivity index (χ0n) is 14.8. The summed E-state index contributed by atoms with van der Waals surface area (Å²) in [6.45, 7) is 2.48. The monoisotopic (exact) mass is 367 g/mol. The summed E-state index contributed by atoms with van der Waals surface area (Å²) in [4.78, 5) is 13.5. The zero-order valence-corrected chi connectivity index (χ0v) is 15.6. The lowest BCUT2D eigenvalue weighted by Gasteiger charge is -2.21. The SMILES string of the molecule is Cc1ncccc1-c1cc(OCc2ccccn2)nc2c1CCCC2.Cl. The molecule has 4 nitrogen and oxygen atoms in total. The summed E-state index contributed by atoms with van der Waals surface area (Å²) in [6, 6.07) is 12.0. The van der Waals surface area contributed by atoms with E-state index in [9.17, 15) is 0 Å². The van der Waals surface area contributed by atoms with Crippen LogP contribution in [0.25, 0.3) is 11.1 Å². The Morgan fingerprint density at radius 1 is 0.962 bits per heavy atom. The predicted molar refractivity (Wildman–Crippen MR) is 105 cm³/mol. The third-order valence-electron chi connectivity index (χ3n) is 4.67. The van der Waals surface area contributed by atoms with E-state index in [1.54, 1.807) is 6.20 Å². The quantitative estimate of drug-likeness (QED) is 0.669. The van der Waals surface area contributed by atoms with Gasteiger partial charge >= 0.3 is 0 Å². The van der Waals surface area contributed by atoms with Crippen LogP contribution in [0.1, 0.15) is 35.5 Å². The van der Waals surface area contributed by atoms with E-state index in [-0.39, 0.29) is 12.4 Å². The Kier molecular flexibility index (Phi) is 5.84. The Morgan fingerprint density at radius 2 is 1.81 bits per heavy atom. The van der Waals surface area contributed by atoms with Crippen molar-refractivity contribution in [2.45, 2.75) is 39.2 Å². The lowest BCUT2D eigenvalue weighted by atomic mass is 9.89. The third kappa shape index (κ3) is 3.86. The number of rotatable bonds is 4. The van der Waals surface area contributed by atoms with Gasteiger partial charge in [0.25, 0.3) is 0 Å². The Balaban J connectivity index is 0.00000196. The molecular formula is C21H22ClN3O. The second-order valence-electron chi connectivity index (χ2n) is 6.39. The first-order valence-electron chi connectivity index (χ1n) is 8.79. The minimum absolute atomic E-state index is 0. The van der Waals surface area contributed by atoms with Gasteiger partial charge in [-0.3, -0.25) is 9.97 Å². The number of aromatic nitrogens is 3. The summed E-state index contributed by atoms with van der Waals surface area (Å²) < 4.78 is 5.97. The highest BCUT2D eigenvalue weighted by atomic mass is 35.5. The van der Waals surface area contributed by atoms with Gasteiger partial charge < -0.3 is 4.74 Å². The Hall–Kier alpha value is -2.46. The fraction of sp³-hybridized carbons (Fsp3) is 0.286. The van der Waals surface area contributed by atoms with Gasteiger partial charge in [-0.1, -0.05) is 12.1 Å². The number of hydrogen-bond acceptors (Lipinski definition) is 4. The van der Waals surface area contributed by atoms with Gasteiger partial charge in [0, 0.05) is 35.4 Å². The molecule has 3 aromatic heterocycles. The van der Waals surface area contributed by atoms with Gasteiger partial charge in [-0.2, -0.15) is 0 Å². The molecule has 3 heterocycles. The molecule has 0 amide bonds. The molecule has 0 saturated heterocycles. The summed E-state index contributed by atoms with van der Waals surface area (Å²) in [5, 5.41) is 0. The maximum absolute atomic E-state index is 5.97. The lowest BCUT2D eigenvalue weighted by molar-refractivity contribution is 0.288. The number of ether oxygens (including phenoxy) is 1. The van der Waals surface area contributed by atoms with E-state index in [4.69, 9.17) is 9.72 Å². The second kappa shape index (κ2) is 8.28. The molecule has 0 radical (unpaired) electrons. The van der Waals surface area contributed by atoms with Gasteiger partial charge in [0.15, 0.2) is 0 Å². The van der Waals surface area contributed by atoms with E-state index in [1.165, 1.54) is 35.2 Å². The fourth-order valence-electron chi connectivity index (χ4n) is 3.39. The lowest BCUT2D eigenvalue weighted by Crippen LogP contribution is -2.10. The molecule has 0 fully saturated rings. The molecule has 26 heavy (non-hydrogen) atoms. The molecule has 0 bridgehead atoms. The summed E-state index contributed by atoms with van der Waals surface area (Å²) in [7, 11) is 0. The maximum atomic E-state index is 5.97. The fourth-order valence-corrected chi connectivity index (χ4v) is 3.39. The molecule has 0 saturated carbocycles. The Labute approximate surface area is 160 Å². The number of fused-ring (bicyclic) bond motifs is 1. The van der Waals surface area contributed by atoms with Crippen LogP contribution >= 0.6 is 12.4 Å². The van der Waals surface area contributed by atoms with Crippen molar-refractivity contribution >= 4 is 12.4 Å². The molecule has 0 unspecified atom stereocenters. The van der Waals surface area contributed by atoms with Crippen molar-refractivity contribution < 1.29 is 4.74 Å². The molecule has 1 aliphatic rings. The molecule has 1 aliphatic carbocycles. The average molecular weight is 368 g/mol. The highest BCUT2D eigenvalue weighted by Gasteiger charge is 2.19. The smallest absolute Gasteiger partial charge is 0.214 e. The standard InChI is InChI=1S/C21H21N3O.ClH/c1-15-17(9-6-12-22-15)19-13-21(24-20-10-3-2-8-18(19)20)25-14-16-7-4-5-11-23-16;/h4-7,9,11-13H,2-3,8,10,14H2,1H3;1H. The van der Waals surface area contributed by atoms with Gasteiger partial charge in [-0.15, -0.1) is 12.4 Å². The molecule has 0 N–H and O–H groups in total. The molecule has 3 aromatic rings. The number of hydrogen-bond donors (Lipinski definition) is 0. The van der Waals surface area contributed by atoms with Crippen LogP contribution in [-0.4, -0.2) is 15.0 Å². The molecule has 134 valence electrons. The number of aryl methyl sites for hydroxylation is 2. The summed E-state index contributed by atoms with van der Waals surface area (Å²) in [5.74, 6) is 0.671. The van der Waals surface area contributed by atoms with E-state index >= 15 is 0 Å². The van der Waals surface area contributed by atoms with Crippen molar-refractivity contribution in [3.63, 3.8) is 0 Å². The molecule has 0 aromatic carbocycles. The van der Waals surface area contributed by atoms with Crippen molar-refractivity contribution in [3.05, 3.63) is 71.4 Å². The van der Waals surface area contributed by atoms with E-state index in [0.29, 0.717) is 12.5 Å². The molecule has 0 aliphatic heterocycles. The van der Waals surface area contributed by atoms with Crippen molar-refractivity contribution in [1.82, 2.24) is 15.0 Å². The summed E-state index contributed by atoms with van der Waals surface area (Å²) in [5.41, 5.74) is 6.85. The highest BCUT2D eigenvalue weighted by Crippen LogP contribution is 2.34. The second-order valence-corrected chi connectivity index (χ2v) is 6.39. The molecule has 0 atom stereocenters. The van der Waals surface area contributed by atoms with Crippen molar-refractivity contribution in [2.24, 2.45) is 0 Å². The van der Waals surface area contributed by atoms with E-state index in [2.05, 4.69) is 29.0 Å². The average Bonchev–Trinajstić information content (AvgIpc) is 2.67. The normalized spacial score (nSPS) is 12.8. The number of nitrogens with zero attached hydrogens (tertiary/aromatic N) is 3. The van der Waals surface area contributed by atoms with Crippen LogP contribution < -0.4 is 4.74 Å². The van der Waals surface area contributed by atoms with Crippen molar-refractivity contribution in [3.8, 4) is 17.0 Å². The van der Waals surface area contributed by atoms with Gasteiger partial charge in [0.2, 0.25) is 5.88 Å². The Morgan fingerprint density at radius 3 is 2.62 bits per heavy atom. The van der Waals surface area contributed by atoms with Crippen LogP contribution in [0.3, 0.4) is 0 Å². The first kappa shape index (κ1) is 18.3. The summed E-state index contributed by atoms with van der Waals surface area (Å²) >= 11 is 0. The largest absolute Gasteiger partial charge is 0.471 e. The predicted octanol–water partition coefficient (Wildman–Crippen LogP) is 4.73. The molecule has 4 rings (SSSR count). The van der Waals surface area contributed by atoms with Crippen LogP contribution in [0.2, 0.25) is 0 Å². The summed E-state index contributed by atoms with van der Waals surface area (Å²) in [6.07, 6.45) is 8.12. The first-order chi connectivity index (χ1) is 12.3. The van der Waals surface area contributed by atoms with Crippen molar-refractivity contribution in [2.75, 3.05) is 0 Å². The highest BCUT2D eigenvalue weighted by molar-refractivity contribution is 5.85. The minimum atomic E-state index is 0. The Bertz CT molecular complexity index is 884. The van der Waals surface area contributed by atoms with Gasteiger partial charge in [-0.25, -0.2) is 4.98 Å². The van der Waals surface area contributed by atoms with Crippen LogP contribution in [0, 0.1) is 6.92 Å². The maximum Gasteiger partial charge on any atom is 0.214 e. The molecule has 5 heteroatoms. The zero-order chi connectivity index (χ0) is 17.1. The minimum Gasteiger partial charge on any atom is -0.471 e. The third-order valence-corrected chi connectivity index (χ3v) is 4.67. The van der Waals surface area contributed by atoms with Crippen LogP contribution in [0.15, 0.2) is 48.8 Å². The molecular weight excluding hydrogens is 346 g/mol. The van der Waals surface area contributed by atoms with Gasteiger partial charge in [-0.05, 0) is 61.9 Å². The molecule has 0 spiro atoms. The van der Waals surface area contributed by atoms with E-state index in [0.717, 1.165) is 24.2 Å².